The lowest BCUT2D eigenvalue weighted by Gasteiger charge is -2.26. The highest BCUT2D eigenvalue weighted by molar-refractivity contribution is 7.99. The van der Waals surface area contributed by atoms with E-state index < -0.39 is 0 Å². The average molecular weight is 300 g/mol. The molecule has 19 heavy (non-hydrogen) atoms. The van der Waals surface area contributed by atoms with Gasteiger partial charge in [-0.2, -0.15) is 11.8 Å². The van der Waals surface area contributed by atoms with Gasteiger partial charge in [-0.1, -0.05) is 0 Å². The fourth-order valence-electron chi connectivity index (χ4n) is 2.47. The van der Waals surface area contributed by atoms with Crippen molar-refractivity contribution in [2.45, 2.75) is 45.2 Å². The molecule has 0 bridgehead atoms. The number of thiazole rings is 1. The van der Waals surface area contributed by atoms with E-state index in [0.29, 0.717) is 12.1 Å². The zero-order valence-corrected chi connectivity index (χ0v) is 13.7. The van der Waals surface area contributed by atoms with Crippen LogP contribution in [0.3, 0.4) is 0 Å². The van der Waals surface area contributed by atoms with Gasteiger partial charge in [0.05, 0.1) is 17.3 Å². The SMILES string of the molecule is COCCc1nc(C)c(C(C)NC2CCCSC2)s1. The number of rotatable bonds is 6. The Morgan fingerprint density at radius 2 is 2.37 bits per heavy atom. The standard InChI is InChI=1S/C14H24N2OS2/c1-10(15-12-5-4-8-18-9-12)14-11(2)16-13(19-14)6-7-17-3/h10,12,15H,4-9H2,1-3H3. The van der Waals surface area contributed by atoms with Crippen LogP contribution < -0.4 is 5.32 Å². The second-order valence-corrected chi connectivity index (χ2v) is 7.37. The molecule has 0 radical (unpaired) electrons. The molecule has 0 aliphatic carbocycles. The summed E-state index contributed by atoms with van der Waals surface area (Å²) in [6.07, 6.45) is 3.58. The molecule has 108 valence electrons. The zero-order valence-electron chi connectivity index (χ0n) is 12.1. The molecule has 1 N–H and O–H groups in total. The first-order valence-corrected chi connectivity index (χ1v) is 8.96. The summed E-state index contributed by atoms with van der Waals surface area (Å²) in [5.74, 6) is 2.58. The van der Waals surface area contributed by atoms with E-state index in [2.05, 4.69) is 35.9 Å². The van der Waals surface area contributed by atoms with Crippen LogP contribution in [-0.2, 0) is 11.2 Å². The van der Waals surface area contributed by atoms with Crippen LogP contribution in [0.5, 0.6) is 0 Å². The number of aromatic nitrogens is 1. The van der Waals surface area contributed by atoms with Gasteiger partial charge < -0.3 is 10.1 Å². The highest BCUT2D eigenvalue weighted by Gasteiger charge is 2.19. The van der Waals surface area contributed by atoms with E-state index >= 15 is 0 Å². The van der Waals surface area contributed by atoms with Crippen molar-refractivity contribution >= 4 is 23.1 Å². The van der Waals surface area contributed by atoms with Gasteiger partial charge in [0.15, 0.2) is 0 Å². The Morgan fingerprint density at radius 1 is 1.53 bits per heavy atom. The molecule has 2 atom stereocenters. The Bertz CT molecular complexity index is 389. The van der Waals surface area contributed by atoms with Crippen molar-refractivity contribution in [3.8, 4) is 0 Å². The molecule has 1 aromatic heterocycles. The number of methoxy groups -OCH3 is 1. The van der Waals surface area contributed by atoms with Crippen molar-refractivity contribution in [1.29, 1.82) is 0 Å². The monoisotopic (exact) mass is 300 g/mol. The molecule has 0 spiro atoms. The average Bonchev–Trinajstić information content (AvgIpc) is 2.79. The third-order valence-corrected chi connectivity index (χ3v) is 6.05. The summed E-state index contributed by atoms with van der Waals surface area (Å²) in [5, 5.41) is 4.96. The summed E-state index contributed by atoms with van der Waals surface area (Å²) >= 11 is 3.91. The van der Waals surface area contributed by atoms with Crippen LogP contribution >= 0.6 is 23.1 Å². The molecular formula is C14H24N2OS2. The van der Waals surface area contributed by atoms with Crippen molar-refractivity contribution in [3.05, 3.63) is 15.6 Å². The molecule has 2 rings (SSSR count). The van der Waals surface area contributed by atoms with E-state index in [1.807, 2.05) is 11.3 Å². The molecule has 5 heteroatoms. The van der Waals surface area contributed by atoms with E-state index in [9.17, 15) is 0 Å². The summed E-state index contributed by atoms with van der Waals surface area (Å²) in [5.41, 5.74) is 1.18. The molecule has 0 saturated carbocycles. The van der Waals surface area contributed by atoms with Gasteiger partial charge in [-0.25, -0.2) is 4.98 Å². The van der Waals surface area contributed by atoms with Crippen molar-refractivity contribution in [1.82, 2.24) is 10.3 Å². The Hall–Kier alpha value is -0.100. The summed E-state index contributed by atoms with van der Waals surface area (Å²) in [6, 6.07) is 1.08. The number of nitrogens with one attached hydrogen (secondary N) is 1. The largest absolute Gasteiger partial charge is 0.384 e. The molecule has 1 aliphatic rings. The minimum atomic E-state index is 0.414. The van der Waals surface area contributed by atoms with Crippen LogP contribution in [0.25, 0.3) is 0 Å². The Balaban J connectivity index is 1.93. The first-order valence-electron chi connectivity index (χ1n) is 6.99. The minimum Gasteiger partial charge on any atom is -0.384 e. The molecule has 1 aromatic rings. The number of ether oxygens (including phenoxy) is 1. The fourth-order valence-corrected chi connectivity index (χ4v) is 4.61. The van der Waals surface area contributed by atoms with Gasteiger partial charge in [-0.05, 0) is 32.4 Å². The van der Waals surface area contributed by atoms with Crippen molar-refractivity contribution in [2.24, 2.45) is 0 Å². The normalized spacial score (nSPS) is 21.5. The van der Waals surface area contributed by atoms with Crippen LogP contribution in [0.1, 0.15) is 41.4 Å². The van der Waals surface area contributed by atoms with Crippen molar-refractivity contribution in [2.75, 3.05) is 25.2 Å². The van der Waals surface area contributed by atoms with E-state index in [1.165, 1.54) is 39.9 Å². The third kappa shape index (κ3) is 4.45. The van der Waals surface area contributed by atoms with Crippen LogP contribution in [0.15, 0.2) is 0 Å². The van der Waals surface area contributed by atoms with Crippen LogP contribution in [0, 0.1) is 6.92 Å². The highest BCUT2D eigenvalue weighted by Crippen LogP contribution is 2.27. The zero-order chi connectivity index (χ0) is 13.7. The number of hydrogen-bond donors (Lipinski definition) is 1. The highest BCUT2D eigenvalue weighted by atomic mass is 32.2. The van der Waals surface area contributed by atoms with Gasteiger partial charge in [0.2, 0.25) is 0 Å². The number of thioether (sulfide) groups is 1. The molecule has 0 amide bonds. The Morgan fingerprint density at radius 3 is 3.05 bits per heavy atom. The second kappa shape index (κ2) is 7.62. The van der Waals surface area contributed by atoms with Gasteiger partial charge in [0.1, 0.15) is 0 Å². The summed E-state index contributed by atoms with van der Waals surface area (Å²) in [7, 11) is 1.74. The number of nitrogens with zero attached hydrogens (tertiary/aromatic N) is 1. The summed E-state index contributed by atoms with van der Waals surface area (Å²) in [4.78, 5) is 6.05. The lowest BCUT2D eigenvalue weighted by Crippen LogP contribution is -2.35. The predicted molar refractivity (Wildman–Crippen MR) is 84.3 cm³/mol. The minimum absolute atomic E-state index is 0.414. The molecule has 1 saturated heterocycles. The Kier molecular flexibility index (Phi) is 6.13. The maximum atomic E-state index is 5.13. The molecule has 1 fully saturated rings. The first kappa shape index (κ1) is 15.3. The van der Waals surface area contributed by atoms with Gasteiger partial charge in [-0.15, -0.1) is 11.3 Å². The molecule has 1 aliphatic heterocycles. The van der Waals surface area contributed by atoms with Gasteiger partial charge in [0.25, 0.3) is 0 Å². The van der Waals surface area contributed by atoms with E-state index in [4.69, 9.17) is 4.74 Å². The molecule has 2 heterocycles. The van der Waals surface area contributed by atoms with E-state index in [1.54, 1.807) is 7.11 Å². The topological polar surface area (TPSA) is 34.1 Å². The first-order chi connectivity index (χ1) is 9.20. The van der Waals surface area contributed by atoms with Crippen LogP contribution in [0.4, 0.5) is 0 Å². The Labute approximate surface area is 124 Å². The van der Waals surface area contributed by atoms with Gasteiger partial charge in [-0.3, -0.25) is 0 Å². The lowest BCUT2D eigenvalue weighted by molar-refractivity contribution is 0.202. The smallest absolute Gasteiger partial charge is 0.0954 e. The van der Waals surface area contributed by atoms with Gasteiger partial charge >= 0.3 is 0 Å². The molecule has 2 unspecified atom stereocenters. The third-order valence-electron chi connectivity index (χ3n) is 3.44. The molecule has 3 nitrogen and oxygen atoms in total. The number of hydrogen-bond acceptors (Lipinski definition) is 5. The van der Waals surface area contributed by atoms with Crippen LogP contribution in [-0.4, -0.2) is 36.2 Å². The lowest BCUT2D eigenvalue weighted by atomic mass is 10.1. The maximum absolute atomic E-state index is 5.13. The fraction of sp³-hybridized carbons (Fsp3) is 0.786. The van der Waals surface area contributed by atoms with E-state index in [-0.39, 0.29) is 0 Å². The quantitative estimate of drug-likeness (QED) is 0.875. The van der Waals surface area contributed by atoms with Crippen molar-refractivity contribution in [3.63, 3.8) is 0 Å². The molecule has 0 aromatic carbocycles. The van der Waals surface area contributed by atoms with Gasteiger partial charge in [0, 0.05) is 36.2 Å². The summed E-state index contributed by atoms with van der Waals surface area (Å²) in [6.45, 7) is 5.14. The number of aryl methyl sites for hydroxylation is 1. The summed E-state index contributed by atoms with van der Waals surface area (Å²) < 4.78 is 5.13. The second-order valence-electron chi connectivity index (χ2n) is 5.10. The molecular weight excluding hydrogens is 276 g/mol. The van der Waals surface area contributed by atoms with Crippen LogP contribution in [0.2, 0.25) is 0 Å². The van der Waals surface area contributed by atoms with Crippen molar-refractivity contribution < 1.29 is 4.74 Å². The predicted octanol–water partition coefficient (Wildman–Crippen LogP) is 3.19. The van der Waals surface area contributed by atoms with E-state index in [0.717, 1.165) is 13.0 Å². The maximum Gasteiger partial charge on any atom is 0.0954 e.